The van der Waals surface area contributed by atoms with Gasteiger partial charge in [0.2, 0.25) is 5.24 Å². The van der Waals surface area contributed by atoms with E-state index in [2.05, 4.69) is 0 Å². The van der Waals surface area contributed by atoms with Crippen molar-refractivity contribution >= 4 is 28.4 Å². The van der Waals surface area contributed by atoms with Crippen molar-refractivity contribution in [1.82, 2.24) is 0 Å². The van der Waals surface area contributed by atoms with Gasteiger partial charge in [-0.05, 0) is 18.5 Å². The summed E-state index contributed by atoms with van der Waals surface area (Å²) in [5.74, 6) is 0. The lowest BCUT2D eigenvalue weighted by molar-refractivity contribution is -0.111. The zero-order valence-electron chi connectivity index (χ0n) is 4.40. The van der Waals surface area contributed by atoms with E-state index >= 15 is 0 Å². The molecular formula is C4H7Cl2NO. The van der Waals surface area contributed by atoms with Crippen LogP contribution in [0.1, 0.15) is 6.92 Å². The highest BCUT2D eigenvalue weighted by molar-refractivity contribution is 6.69. The molecule has 0 radical (unpaired) electrons. The van der Waals surface area contributed by atoms with Crippen LogP contribution in [0.5, 0.6) is 0 Å². The topological polar surface area (TPSA) is 43.1 Å². The Morgan fingerprint density at radius 3 is 2.12 bits per heavy atom. The van der Waals surface area contributed by atoms with Crippen molar-refractivity contribution in [2.24, 2.45) is 5.73 Å². The second-order valence-electron chi connectivity index (χ2n) is 1.56. The second kappa shape index (κ2) is 3.28. The molecule has 0 spiro atoms. The molecule has 0 aromatic rings. The van der Waals surface area contributed by atoms with Crippen LogP contribution in [-0.2, 0) is 4.79 Å². The van der Waals surface area contributed by atoms with Gasteiger partial charge in [0.1, 0.15) is 5.38 Å². The van der Waals surface area contributed by atoms with Gasteiger partial charge >= 0.3 is 0 Å². The first-order valence-electron chi connectivity index (χ1n) is 2.14. The average molecular weight is 156 g/mol. The van der Waals surface area contributed by atoms with Crippen LogP contribution in [0.25, 0.3) is 0 Å². The molecule has 0 amide bonds. The molecule has 0 saturated carbocycles. The number of rotatable bonds is 2. The molecule has 0 saturated heterocycles. The molecule has 2 N–H and O–H groups in total. The van der Waals surface area contributed by atoms with Crippen molar-refractivity contribution in [2.75, 3.05) is 0 Å². The molecule has 0 aliphatic rings. The van der Waals surface area contributed by atoms with E-state index in [4.69, 9.17) is 28.9 Å². The van der Waals surface area contributed by atoms with E-state index in [9.17, 15) is 4.79 Å². The number of hydrogen-bond acceptors (Lipinski definition) is 2. The highest BCUT2D eigenvalue weighted by Gasteiger charge is 2.16. The molecule has 0 fully saturated rings. The lowest BCUT2D eigenvalue weighted by atomic mass is 10.3. The summed E-state index contributed by atoms with van der Waals surface area (Å²) in [5, 5.41) is -1.35. The van der Waals surface area contributed by atoms with Gasteiger partial charge in [0.25, 0.3) is 0 Å². The molecule has 0 aromatic carbocycles. The molecule has 48 valence electrons. The van der Waals surface area contributed by atoms with E-state index in [-0.39, 0.29) is 6.04 Å². The summed E-state index contributed by atoms with van der Waals surface area (Å²) in [6.45, 7) is 1.62. The minimum Gasteiger partial charge on any atom is -0.326 e. The standard InChI is InChI=1S/C4H7Cl2NO/c1-2(7)3(5)4(6)8/h2-3H,7H2,1H3/t2-,3-/m0/s1. The highest BCUT2D eigenvalue weighted by atomic mass is 35.5. The Bertz CT molecular complexity index is 94.0. The Morgan fingerprint density at radius 2 is 2.12 bits per heavy atom. The summed E-state index contributed by atoms with van der Waals surface area (Å²) in [4.78, 5) is 10.1. The van der Waals surface area contributed by atoms with E-state index in [0.717, 1.165) is 0 Å². The summed E-state index contributed by atoms with van der Waals surface area (Å²) in [6, 6.07) is -0.373. The number of hydrogen-bond donors (Lipinski definition) is 1. The maximum Gasteiger partial charge on any atom is 0.241 e. The number of halogens is 2. The molecule has 0 aromatic heterocycles. The summed E-state index contributed by atoms with van der Waals surface area (Å²) < 4.78 is 0. The molecular weight excluding hydrogens is 149 g/mol. The Hall–Kier alpha value is 0.210. The Labute approximate surface area is 57.9 Å². The molecule has 0 unspecified atom stereocenters. The fourth-order valence-electron chi connectivity index (χ4n) is 0.207. The zero-order valence-corrected chi connectivity index (χ0v) is 5.91. The molecule has 0 aliphatic carbocycles. The highest BCUT2D eigenvalue weighted by Crippen LogP contribution is 2.03. The maximum atomic E-state index is 10.1. The summed E-state index contributed by atoms with van der Waals surface area (Å²) in [7, 11) is 0. The first-order valence-corrected chi connectivity index (χ1v) is 2.96. The normalized spacial score (nSPS) is 17.5. The van der Waals surface area contributed by atoms with Crippen LogP contribution in [-0.4, -0.2) is 16.7 Å². The smallest absolute Gasteiger partial charge is 0.241 e. The Kier molecular flexibility index (Phi) is 3.36. The summed E-state index contributed by atoms with van der Waals surface area (Å²) in [5.41, 5.74) is 5.20. The third-order valence-electron chi connectivity index (χ3n) is 0.678. The van der Waals surface area contributed by atoms with Crippen molar-refractivity contribution in [3.8, 4) is 0 Å². The molecule has 8 heavy (non-hydrogen) atoms. The number of alkyl halides is 1. The first-order chi connectivity index (χ1) is 3.55. The second-order valence-corrected chi connectivity index (χ2v) is 2.41. The minimum absolute atomic E-state index is 0.373. The lowest BCUT2D eigenvalue weighted by Gasteiger charge is -2.05. The van der Waals surface area contributed by atoms with Crippen molar-refractivity contribution < 1.29 is 4.79 Å². The van der Waals surface area contributed by atoms with E-state index in [1.54, 1.807) is 6.92 Å². The summed E-state index contributed by atoms with van der Waals surface area (Å²) >= 11 is 10.3. The Balaban J connectivity index is 3.64. The van der Waals surface area contributed by atoms with Crippen LogP contribution >= 0.6 is 23.2 Å². The third kappa shape index (κ3) is 2.50. The van der Waals surface area contributed by atoms with Gasteiger partial charge in [-0.1, -0.05) is 0 Å². The zero-order chi connectivity index (χ0) is 6.73. The quantitative estimate of drug-likeness (QED) is 0.472. The van der Waals surface area contributed by atoms with Crippen LogP contribution in [0.15, 0.2) is 0 Å². The van der Waals surface area contributed by atoms with Crippen LogP contribution in [0.4, 0.5) is 0 Å². The SMILES string of the molecule is C[C@H](N)[C@H](Cl)C(=O)Cl. The Morgan fingerprint density at radius 1 is 1.75 bits per heavy atom. The fourth-order valence-corrected chi connectivity index (χ4v) is 0.405. The van der Waals surface area contributed by atoms with Crippen molar-refractivity contribution in [2.45, 2.75) is 18.3 Å². The van der Waals surface area contributed by atoms with Crippen LogP contribution in [0, 0.1) is 0 Å². The van der Waals surface area contributed by atoms with Crippen molar-refractivity contribution in [1.29, 1.82) is 0 Å². The van der Waals surface area contributed by atoms with E-state index in [0.29, 0.717) is 0 Å². The van der Waals surface area contributed by atoms with Gasteiger partial charge < -0.3 is 5.73 Å². The third-order valence-corrected chi connectivity index (χ3v) is 1.62. The summed E-state index contributed by atoms with van der Waals surface area (Å²) in [6.07, 6.45) is 0. The molecule has 0 aliphatic heterocycles. The van der Waals surface area contributed by atoms with Crippen LogP contribution < -0.4 is 5.73 Å². The maximum absolute atomic E-state index is 10.1. The fraction of sp³-hybridized carbons (Fsp3) is 0.750. The predicted octanol–water partition coefficient (Wildman–Crippen LogP) is 0.706. The molecule has 2 nitrogen and oxygen atoms in total. The van der Waals surface area contributed by atoms with Gasteiger partial charge in [-0.25, -0.2) is 0 Å². The van der Waals surface area contributed by atoms with Crippen LogP contribution in [0.2, 0.25) is 0 Å². The van der Waals surface area contributed by atoms with Crippen molar-refractivity contribution in [3.05, 3.63) is 0 Å². The monoisotopic (exact) mass is 155 g/mol. The largest absolute Gasteiger partial charge is 0.326 e. The van der Waals surface area contributed by atoms with Crippen molar-refractivity contribution in [3.63, 3.8) is 0 Å². The van der Waals surface area contributed by atoms with Gasteiger partial charge in [-0.15, -0.1) is 11.6 Å². The number of carbonyl (C=O) groups excluding carboxylic acids is 1. The predicted molar refractivity (Wildman–Crippen MR) is 34.2 cm³/mol. The molecule has 4 heteroatoms. The molecule has 0 bridgehead atoms. The van der Waals surface area contributed by atoms with Crippen LogP contribution in [0.3, 0.4) is 0 Å². The van der Waals surface area contributed by atoms with E-state index in [1.807, 2.05) is 0 Å². The average Bonchev–Trinajstić information content (AvgIpc) is 1.64. The number of nitrogens with two attached hydrogens (primary N) is 1. The molecule has 0 rings (SSSR count). The van der Waals surface area contributed by atoms with Gasteiger partial charge in [-0.3, -0.25) is 4.79 Å². The van der Waals surface area contributed by atoms with Gasteiger partial charge in [0, 0.05) is 6.04 Å². The molecule has 2 atom stereocenters. The molecule has 0 heterocycles. The van der Waals surface area contributed by atoms with Gasteiger partial charge in [-0.2, -0.15) is 0 Å². The minimum atomic E-state index is -0.753. The lowest BCUT2D eigenvalue weighted by Crippen LogP contribution is -2.31. The van der Waals surface area contributed by atoms with Gasteiger partial charge in [0.05, 0.1) is 0 Å². The van der Waals surface area contributed by atoms with E-state index in [1.165, 1.54) is 0 Å². The van der Waals surface area contributed by atoms with Gasteiger partial charge in [0.15, 0.2) is 0 Å². The first kappa shape index (κ1) is 8.21. The van der Waals surface area contributed by atoms with E-state index < -0.39 is 10.6 Å². The number of carbonyl (C=O) groups is 1.